The van der Waals surface area contributed by atoms with Gasteiger partial charge < -0.3 is 14.9 Å². The van der Waals surface area contributed by atoms with E-state index in [2.05, 4.69) is 20.4 Å². The van der Waals surface area contributed by atoms with Gasteiger partial charge in [0, 0.05) is 23.6 Å². The number of aryl methyl sites for hydroxylation is 1. The van der Waals surface area contributed by atoms with Crippen molar-refractivity contribution >= 4 is 16.8 Å². The van der Waals surface area contributed by atoms with Gasteiger partial charge in [0.1, 0.15) is 12.1 Å². The molecule has 0 aliphatic heterocycles. The molecule has 6 heteroatoms. The molecule has 4 aromatic rings. The monoisotopic (exact) mass is 346 g/mol. The van der Waals surface area contributed by atoms with Crippen molar-refractivity contribution < 1.29 is 9.63 Å². The molecule has 6 nitrogen and oxygen atoms in total. The number of hydrogen-bond donors (Lipinski definition) is 2. The van der Waals surface area contributed by atoms with Crippen LogP contribution in [0.3, 0.4) is 0 Å². The lowest BCUT2D eigenvalue weighted by Crippen LogP contribution is -2.13. The van der Waals surface area contributed by atoms with E-state index >= 15 is 0 Å². The summed E-state index contributed by atoms with van der Waals surface area (Å²) in [6.45, 7) is 2.27. The Kier molecular flexibility index (Phi) is 4.33. The Morgan fingerprint density at radius 3 is 2.77 bits per heavy atom. The van der Waals surface area contributed by atoms with E-state index in [0.717, 1.165) is 33.5 Å². The van der Waals surface area contributed by atoms with E-state index in [-0.39, 0.29) is 0 Å². The summed E-state index contributed by atoms with van der Waals surface area (Å²) in [5.41, 5.74) is 4.15. The first-order valence-corrected chi connectivity index (χ1v) is 8.36. The Bertz CT molecular complexity index is 1030. The maximum Gasteiger partial charge on any atom is 0.167 e. The Morgan fingerprint density at radius 1 is 1.08 bits per heavy atom. The highest BCUT2D eigenvalue weighted by Gasteiger charge is 2.10. The number of aliphatic hydroxyl groups excluding tert-OH is 1. The van der Waals surface area contributed by atoms with Gasteiger partial charge >= 0.3 is 0 Å². The van der Waals surface area contributed by atoms with Crippen LogP contribution in [0.5, 0.6) is 0 Å². The van der Waals surface area contributed by atoms with Gasteiger partial charge in [-0.25, -0.2) is 9.97 Å². The fourth-order valence-electron chi connectivity index (χ4n) is 2.83. The van der Waals surface area contributed by atoms with Crippen LogP contribution in [0.4, 0.5) is 5.82 Å². The van der Waals surface area contributed by atoms with Crippen molar-refractivity contribution in [1.29, 1.82) is 0 Å². The summed E-state index contributed by atoms with van der Waals surface area (Å²) in [6.07, 6.45) is 0.894. The fraction of sp³-hybridized carbons (Fsp3) is 0.150. The maximum absolute atomic E-state index is 10.3. The first kappa shape index (κ1) is 16.2. The van der Waals surface area contributed by atoms with Crippen LogP contribution in [-0.2, 0) is 0 Å². The van der Waals surface area contributed by atoms with E-state index in [4.69, 9.17) is 4.52 Å². The van der Waals surface area contributed by atoms with Crippen LogP contribution in [0.25, 0.3) is 22.2 Å². The van der Waals surface area contributed by atoms with Crippen LogP contribution in [0.1, 0.15) is 17.4 Å². The van der Waals surface area contributed by atoms with Crippen LogP contribution in [-0.4, -0.2) is 26.8 Å². The number of fused-ring (bicyclic) bond motifs is 1. The molecular weight excluding hydrogens is 328 g/mol. The highest BCUT2D eigenvalue weighted by atomic mass is 16.5. The molecule has 0 saturated heterocycles. The molecule has 26 heavy (non-hydrogen) atoms. The molecular formula is C20H18N4O2. The second kappa shape index (κ2) is 6.93. The summed E-state index contributed by atoms with van der Waals surface area (Å²) in [6, 6.07) is 17.3. The van der Waals surface area contributed by atoms with Crippen LogP contribution < -0.4 is 5.32 Å². The largest absolute Gasteiger partial charge is 0.387 e. The smallest absolute Gasteiger partial charge is 0.167 e. The van der Waals surface area contributed by atoms with Gasteiger partial charge in [0.05, 0.1) is 17.5 Å². The molecule has 2 aromatic heterocycles. The highest BCUT2D eigenvalue weighted by Crippen LogP contribution is 2.25. The molecule has 2 aromatic carbocycles. The summed E-state index contributed by atoms with van der Waals surface area (Å²) >= 11 is 0. The number of hydrogen-bond acceptors (Lipinski definition) is 6. The normalized spacial score (nSPS) is 12.2. The molecule has 2 heterocycles. The second-order valence-corrected chi connectivity index (χ2v) is 6.07. The third-order valence-electron chi connectivity index (χ3n) is 4.28. The molecule has 0 aliphatic rings. The van der Waals surface area contributed by atoms with E-state index in [1.807, 2.05) is 61.5 Å². The van der Waals surface area contributed by atoms with E-state index in [9.17, 15) is 5.11 Å². The minimum absolute atomic E-state index is 0.362. The molecule has 0 saturated carbocycles. The zero-order chi connectivity index (χ0) is 17.9. The van der Waals surface area contributed by atoms with Crippen LogP contribution in [0.15, 0.2) is 65.4 Å². The summed E-state index contributed by atoms with van der Waals surface area (Å²) in [7, 11) is 0. The number of nitrogens with one attached hydrogen (secondary N) is 1. The van der Waals surface area contributed by atoms with Gasteiger partial charge in [0.25, 0.3) is 0 Å². The number of aromatic nitrogens is 3. The van der Waals surface area contributed by atoms with E-state index < -0.39 is 6.10 Å². The van der Waals surface area contributed by atoms with Gasteiger partial charge in [-0.1, -0.05) is 41.6 Å². The van der Waals surface area contributed by atoms with Crippen molar-refractivity contribution in [2.24, 2.45) is 0 Å². The number of rotatable bonds is 5. The molecule has 0 amide bonds. The maximum atomic E-state index is 10.3. The first-order valence-electron chi connectivity index (χ1n) is 8.36. The number of benzene rings is 2. The van der Waals surface area contributed by atoms with Gasteiger partial charge in [0.15, 0.2) is 5.58 Å². The minimum atomic E-state index is -0.608. The summed E-state index contributed by atoms with van der Waals surface area (Å²) in [5, 5.41) is 18.4. The van der Waals surface area contributed by atoms with E-state index in [1.165, 1.54) is 6.33 Å². The lowest BCUT2D eigenvalue weighted by Gasteiger charge is -2.13. The van der Waals surface area contributed by atoms with Crippen LogP contribution in [0.2, 0.25) is 0 Å². The summed E-state index contributed by atoms with van der Waals surface area (Å²) in [4.78, 5) is 8.56. The zero-order valence-electron chi connectivity index (χ0n) is 14.3. The van der Waals surface area contributed by atoms with Gasteiger partial charge in [-0.05, 0) is 24.6 Å². The van der Waals surface area contributed by atoms with Gasteiger partial charge in [-0.15, -0.1) is 0 Å². The molecule has 0 unspecified atom stereocenters. The van der Waals surface area contributed by atoms with Crippen molar-refractivity contribution in [3.8, 4) is 11.3 Å². The predicted molar refractivity (Wildman–Crippen MR) is 99.7 cm³/mol. The predicted octanol–water partition coefficient (Wildman–Crippen LogP) is 3.74. The van der Waals surface area contributed by atoms with Crippen molar-refractivity contribution in [2.45, 2.75) is 13.0 Å². The molecule has 2 N–H and O–H groups in total. The Hall–Kier alpha value is -3.25. The quantitative estimate of drug-likeness (QED) is 0.573. The second-order valence-electron chi connectivity index (χ2n) is 6.07. The fourth-order valence-corrected chi connectivity index (χ4v) is 2.83. The summed E-state index contributed by atoms with van der Waals surface area (Å²) < 4.78 is 5.33. The number of aliphatic hydroxyl groups is 1. The van der Waals surface area contributed by atoms with Gasteiger partial charge in [0.2, 0.25) is 0 Å². The average molecular weight is 346 g/mol. The standard InChI is InChI=1S/C20H18N4O2/c1-13-16-8-7-15(9-19(16)26-24-13)17-10-20(23-12-22-17)21-11-18(25)14-5-3-2-4-6-14/h2-10,12,18,25H,11H2,1H3,(H,21,22,23)/t18-/m0/s1. The summed E-state index contributed by atoms with van der Waals surface area (Å²) in [5.74, 6) is 0.652. The number of nitrogens with zero attached hydrogens (tertiary/aromatic N) is 3. The van der Waals surface area contributed by atoms with Crippen LogP contribution in [0, 0.1) is 6.92 Å². The molecule has 0 radical (unpaired) electrons. The van der Waals surface area contributed by atoms with Gasteiger partial charge in [-0.2, -0.15) is 0 Å². The zero-order valence-corrected chi connectivity index (χ0v) is 14.3. The van der Waals surface area contributed by atoms with Crippen molar-refractivity contribution in [3.63, 3.8) is 0 Å². The van der Waals surface area contributed by atoms with E-state index in [0.29, 0.717) is 12.4 Å². The van der Waals surface area contributed by atoms with Crippen molar-refractivity contribution in [3.05, 3.63) is 72.2 Å². The molecule has 0 bridgehead atoms. The molecule has 130 valence electrons. The lowest BCUT2D eigenvalue weighted by molar-refractivity contribution is 0.191. The average Bonchev–Trinajstić information content (AvgIpc) is 3.07. The highest BCUT2D eigenvalue weighted by molar-refractivity contribution is 5.84. The van der Waals surface area contributed by atoms with E-state index in [1.54, 1.807) is 0 Å². The Balaban J connectivity index is 1.52. The molecule has 4 rings (SSSR count). The molecule has 0 spiro atoms. The number of anilines is 1. The van der Waals surface area contributed by atoms with Crippen molar-refractivity contribution in [1.82, 2.24) is 15.1 Å². The molecule has 1 atom stereocenters. The third kappa shape index (κ3) is 3.27. The van der Waals surface area contributed by atoms with Gasteiger partial charge in [-0.3, -0.25) is 0 Å². The molecule has 0 aliphatic carbocycles. The topological polar surface area (TPSA) is 84.1 Å². The molecule has 0 fully saturated rings. The Labute approximate surface area is 150 Å². The minimum Gasteiger partial charge on any atom is -0.387 e. The SMILES string of the molecule is Cc1noc2cc(-c3cc(NC[C@H](O)c4ccccc4)ncn3)ccc12. The third-order valence-corrected chi connectivity index (χ3v) is 4.28. The lowest BCUT2D eigenvalue weighted by atomic mass is 10.1. The first-order chi connectivity index (χ1) is 12.7. The Morgan fingerprint density at radius 2 is 1.92 bits per heavy atom. The van der Waals surface area contributed by atoms with Crippen molar-refractivity contribution in [2.75, 3.05) is 11.9 Å². The van der Waals surface area contributed by atoms with Crippen LogP contribution >= 0.6 is 0 Å².